The van der Waals surface area contributed by atoms with Crippen LogP contribution in [0, 0.1) is 19.7 Å². The van der Waals surface area contributed by atoms with Crippen LogP contribution in [-0.2, 0) is 4.74 Å². The van der Waals surface area contributed by atoms with E-state index in [4.69, 9.17) is 9.15 Å². The molecule has 0 spiro atoms. The number of hydrogen-bond donors (Lipinski definition) is 1. The Morgan fingerprint density at radius 3 is 2.52 bits per heavy atom. The molecule has 0 aliphatic rings. The lowest BCUT2D eigenvalue weighted by Gasteiger charge is -2.10. The van der Waals surface area contributed by atoms with Gasteiger partial charge in [-0.05, 0) is 69.3 Å². The van der Waals surface area contributed by atoms with Gasteiger partial charge < -0.3 is 14.5 Å². The highest BCUT2D eigenvalue weighted by molar-refractivity contribution is 6.05. The van der Waals surface area contributed by atoms with Gasteiger partial charge in [0.05, 0.1) is 23.6 Å². The molecule has 0 saturated carbocycles. The molecule has 168 valence electrons. The van der Waals surface area contributed by atoms with Crippen molar-refractivity contribution in [3.8, 4) is 16.9 Å². The van der Waals surface area contributed by atoms with Crippen molar-refractivity contribution < 1.29 is 23.1 Å². The van der Waals surface area contributed by atoms with Crippen molar-refractivity contribution in [2.45, 2.75) is 20.8 Å². The number of halogens is 1. The highest BCUT2D eigenvalue weighted by Crippen LogP contribution is 2.27. The summed E-state index contributed by atoms with van der Waals surface area (Å²) in [7, 11) is 0. The summed E-state index contributed by atoms with van der Waals surface area (Å²) in [6.07, 6.45) is 0. The van der Waals surface area contributed by atoms with Crippen LogP contribution in [0.3, 0.4) is 0 Å². The summed E-state index contributed by atoms with van der Waals surface area (Å²) in [4.78, 5) is 25.0. The van der Waals surface area contributed by atoms with Gasteiger partial charge >= 0.3 is 5.97 Å². The molecule has 2 heterocycles. The van der Waals surface area contributed by atoms with E-state index in [2.05, 4.69) is 10.4 Å². The summed E-state index contributed by atoms with van der Waals surface area (Å²) in [6, 6.07) is 16.2. The Kier molecular flexibility index (Phi) is 6.08. The largest absolute Gasteiger partial charge is 0.466 e. The zero-order valence-electron chi connectivity index (χ0n) is 18.4. The molecule has 0 atom stereocenters. The predicted octanol–water partition coefficient (Wildman–Crippen LogP) is 5.32. The zero-order chi connectivity index (χ0) is 23.5. The maximum Gasteiger partial charge on any atom is 0.358 e. The predicted molar refractivity (Wildman–Crippen MR) is 121 cm³/mol. The molecule has 1 amide bonds. The van der Waals surface area contributed by atoms with Crippen LogP contribution < -0.4 is 5.32 Å². The van der Waals surface area contributed by atoms with Crippen molar-refractivity contribution in [2.75, 3.05) is 11.9 Å². The van der Waals surface area contributed by atoms with Crippen LogP contribution in [0.25, 0.3) is 16.9 Å². The molecule has 0 aliphatic heterocycles. The Morgan fingerprint density at radius 1 is 1.09 bits per heavy atom. The fourth-order valence-corrected chi connectivity index (χ4v) is 3.48. The van der Waals surface area contributed by atoms with Gasteiger partial charge in [-0.25, -0.2) is 13.9 Å². The second kappa shape index (κ2) is 9.12. The molecule has 4 aromatic rings. The Balaban J connectivity index is 1.72. The molecule has 0 fully saturated rings. The van der Waals surface area contributed by atoms with Gasteiger partial charge in [0.1, 0.15) is 17.3 Å². The van der Waals surface area contributed by atoms with E-state index >= 15 is 0 Å². The summed E-state index contributed by atoms with van der Waals surface area (Å²) in [6.45, 7) is 5.44. The molecule has 2 aromatic heterocycles. The maximum absolute atomic E-state index is 13.5. The first-order valence-electron chi connectivity index (χ1n) is 10.4. The number of amides is 1. The van der Waals surface area contributed by atoms with Crippen LogP contribution in [-0.4, -0.2) is 28.3 Å². The smallest absolute Gasteiger partial charge is 0.358 e. The van der Waals surface area contributed by atoms with Gasteiger partial charge in [0.25, 0.3) is 5.91 Å². The average molecular weight is 447 g/mol. The number of carbonyl (C=O) groups is 2. The van der Waals surface area contributed by atoms with Gasteiger partial charge in [0, 0.05) is 11.3 Å². The molecule has 2 aromatic carbocycles. The maximum atomic E-state index is 13.5. The third kappa shape index (κ3) is 4.69. The quantitative estimate of drug-likeness (QED) is 0.405. The van der Waals surface area contributed by atoms with Crippen LogP contribution in [0.4, 0.5) is 10.1 Å². The number of nitrogens with one attached hydrogen (secondary N) is 1. The Bertz CT molecular complexity index is 1320. The molecule has 0 unspecified atom stereocenters. The lowest BCUT2D eigenvalue weighted by molar-refractivity contribution is 0.0518. The minimum atomic E-state index is -0.560. The second-order valence-corrected chi connectivity index (χ2v) is 7.39. The second-order valence-electron chi connectivity index (χ2n) is 7.39. The van der Waals surface area contributed by atoms with Crippen LogP contribution in [0.1, 0.15) is 39.3 Å². The topological polar surface area (TPSA) is 86.4 Å². The van der Waals surface area contributed by atoms with Crippen LogP contribution in [0.15, 0.2) is 65.1 Å². The SMILES string of the molecule is CCOC(=O)c1cc(-c2cccc(NC(=O)c3cc(C)oc3C)c2)n(-c2ccc(F)cc2)n1. The van der Waals surface area contributed by atoms with E-state index in [0.717, 1.165) is 0 Å². The lowest BCUT2D eigenvalue weighted by Crippen LogP contribution is -2.12. The van der Waals surface area contributed by atoms with E-state index < -0.39 is 5.97 Å². The lowest BCUT2D eigenvalue weighted by atomic mass is 10.1. The molecular weight excluding hydrogens is 425 g/mol. The number of aryl methyl sites for hydroxylation is 2. The number of furan rings is 1. The van der Waals surface area contributed by atoms with Crippen LogP contribution in [0.5, 0.6) is 0 Å². The molecule has 1 N–H and O–H groups in total. The van der Waals surface area contributed by atoms with Crippen LogP contribution >= 0.6 is 0 Å². The minimum Gasteiger partial charge on any atom is -0.466 e. The van der Waals surface area contributed by atoms with Gasteiger partial charge in [0.2, 0.25) is 0 Å². The van der Waals surface area contributed by atoms with E-state index in [0.29, 0.717) is 39.7 Å². The molecule has 0 radical (unpaired) electrons. The molecule has 4 rings (SSSR count). The van der Waals surface area contributed by atoms with E-state index in [-0.39, 0.29) is 24.0 Å². The van der Waals surface area contributed by atoms with E-state index in [9.17, 15) is 14.0 Å². The summed E-state index contributed by atoms with van der Waals surface area (Å²) in [5, 5.41) is 7.25. The van der Waals surface area contributed by atoms with Gasteiger partial charge in [-0.1, -0.05) is 12.1 Å². The number of ether oxygens (including phenoxy) is 1. The number of benzene rings is 2. The molecule has 33 heavy (non-hydrogen) atoms. The number of anilines is 1. The standard InChI is InChI=1S/C25H22FN3O4/c1-4-32-25(31)22-14-23(29(28-22)20-10-8-18(26)9-11-20)17-6-5-7-19(13-17)27-24(30)21-12-15(2)33-16(21)3/h5-14H,4H2,1-3H3,(H,27,30). The summed E-state index contributed by atoms with van der Waals surface area (Å²) < 4.78 is 25.5. The highest BCUT2D eigenvalue weighted by Gasteiger charge is 2.19. The molecule has 8 heteroatoms. The van der Waals surface area contributed by atoms with Crippen molar-refractivity contribution in [3.05, 3.63) is 89.3 Å². The van der Waals surface area contributed by atoms with Crippen molar-refractivity contribution in [1.82, 2.24) is 9.78 Å². The number of aromatic nitrogens is 2. The third-order valence-electron chi connectivity index (χ3n) is 4.97. The van der Waals surface area contributed by atoms with Crippen molar-refractivity contribution in [2.24, 2.45) is 0 Å². The molecule has 7 nitrogen and oxygen atoms in total. The van der Waals surface area contributed by atoms with Crippen LogP contribution in [0.2, 0.25) is 0 Å². The number of esters is 1. The monoisotopic (exact) mass is 447 g/mol. The normalized spacial score (nSPS) is 10.8. The molecule has 0 aliphatic carbocycles. The third-order valence-corrected chi connectivity index (χ3v) is 4.97. The highest BCUT2D eigenvalue weighted by atomic mass is 19.1. The minimum absolute atomic E-state index is 0.120. The summed E-state index contributed by atoms with van der Waals surface area (Å²) in [5.41, 5.74) is 2.98. The number of nitrogens with zero attached hydrogens (tertiary/aromatic N) is 2. The first-order chi connectivity index (χ1) is 15.9. The van der Waals surface area contributed by atoms with Gasteiger partial charge in [-0.2, -0.15) is 5.10 Å². The molecule has 0 bridgehead atoms. The Morgan fingerprint density at radius 2 is 1.85 bits per heavy atom. The van der Waals surface area contributed by atoms with Crippen molar-refractivity contribution >= 4 is 17.6 Å². The zero-order valence-corrected chi connectivity index (χ0v) is 18.4. The Hall–Kier alpha value is -4.20. The van der Waals surface area contributed by atoms with Gasteiger partial charge in [0.15, 0.2) is 5.69 Å². The summed E-state index contributed by atoms with van der Waals surface area (Å²) in [5.74, 6) is -0.0427. The van der Waals surface area contributed by atoms with Crippen molar-refractivity contribution in [3.63, 3.8) is 0 Å². The van der Waals surface area contributed by atoms with E-state index in [1.54, 1.807) is 63.2 Å². The first kappa shape index (κ1) is 22.0. The number of rotatable bonds is 6. The summed E-state index contributed by atoms with van der Waals surface area (Å²) >= 11 is 0. The number of hydrogen-bond acceptors (Lipinski definition) is 5. The fraction of sp³-hybridized carbons (Fsp3) is 0.160. The van der Waals surface area contributed by atoms with E-state index in [1.807, 2.05) is 6.07 Å². The average Bonchev–Trinajstić information content (AvgIpc) is 3.38. The number of carbonyl (C=O) groups excluding carboxylic acids is 2. The van der Waals surface area contributed by atoms with Gasteiger partial charge in [-0.15, -0.1) is 0 Å². The first-order valence-corrected chi connectivity index (χ1v) is 10.4. The Labute approximate surface area is 189 Å². The fourth-order valence-electron chi connectivity index (χ4n) is 3.48. The molecular formula is C25H22FN3O4. The van der Waals surface area contributed by atoms with E-state index in [1.165, 1.54) is 16.8 Å². The van der Waals surface area contributed by atoms with Gasteiger partial charge in [-0.3, -0.25) is 4.79 Å². The van der Waals surface area contributed by atoms with Crippen molar-refractivity contribution in [1.29, 1.82) is 0 Å². The molecule has 0 saturated heterocycles.